The van der Waals surface area contributed by atoms with E-state index in [9.17, 15) is 8.42 Å². The molecule has 1 aromatic carbocycles. The molecule has 112 valence electrons. The Bertz CT molecular complexity index is 700. The molecule has 0 aliphatic carbocycles. The van der Waals surface area contributed by atoms with E-state index in [-0.39, 0.29) is 10.6 Å². The van der Waals surface area contributed by atoms with Crippen molar-refractivity contribution in [1.29, 1.82) is 0 Å². The third-order valence-corrected chi connectivity index (χ3v) is 4.11. The average Bonchev–Trinajstić information content (AvgIpc) is 2.46. The van der Waals surface area contributed by atoms with Crippen LogP contribution in [0.4, 0.5) is 11.4 Å². The lowest BCUT2D eigenvalue weighted by atomic mass is 10.3. The molecule has 0 atom stereocenters. The Kier molecular flexibility index (Phi) is 4.64. The summed E-state index contributed by atoms with van der Waals surface area (Å²) in [5.41, 5.74) is 6.25. The number of benzene rings is 1. The van der Waals surface area contributed by atoms with Gasteiger partial charge in [0.25, 0.3) is 10.0 Å². The summed E-state index contributed by atoms with van der Waals surface area (Å²) in [5.74, 6) is 0.695. The molecule has 21 heavy (non-hydrogen) atoms. The first-order chi connectivity index (χ1) is 10.0. The van der Waals surface area contributed by atoms with Crippen LogP contribution in [0.25, 0.3) is 0 Å². The van der Waals surface area contributed by atoms with Gasteiger partial charge in [-0.3, -0.25) is 9.71 Å². The summed E-state index contributed by atoms with van der Waals surface area (Å²) in [5, 5.41) is 0. The Morgan fingerprint density at radius 1 is 1.24 bits per heavy atom. The summed E-state index contributed by atoms with van der Waals surface area (Å²) >= 11 is 0. The van der Waals surface area contributed by atoms with Crippen molar-refractivity contribution in [1.82, 2.24) is 4.98 Å². The Labute approximate surface area is 124 Å². The maximum Gasteiger partial charge on any atom is 0.265 e. The van der Waals surface area contributed by atoms with E-state index in [2.05, 4.69) is 9.71 Å². The number of nitrogen functional groups attached to an aromatic ring is 1. The highest BCUT2D eigenvalue weighted by Gasteiger charge is 2.17. The maximum atomic E-state index is 12.2. The zero-order valence-electron chi connectivity index (χ0n) is 11.6. The van der Waals surface area contributed by atoms with Crippen molar-refractivity contribution >= 4 is 21.4 Å². The number of nitrogens with zero attached hydrogens (tertiary/aromatic N) is 1. The molecule has 0 saturated heterocycles. The van der Waals surface area contributed by atoms with E-state index >= 15 is 0 Å². The van der Waals surface area contributed by atoms with Crippen LogP contribution in [0.5, 0.6) is 5.75 Å². The van der Waals surface area contributed by atoms with Crippen molar-refractivity contribution in [2.75, 3.05) is 17.1 Å². The number of nitrogens with two attached hydrogens (primary N) is 1. The molecule has 0 amide bonds. The number of ether oxygens (including phenoxy) is 1. The van der Waals surface area contributed by atoms with Crippen molar-refractivity contribution in [3.8, 4) is 5.75 Å². The molecule has 2 aromatic rings. The Balaban J connectivity index is 2.16. The number of anilines is 2. The standard InChI is InChI=1S/C14H17N3O3S/c1-2-9-20-12-5-3-11(4-6-12)17-21(18,19)14-10-16-8-7-13(14)15/h3-8,10,17H,2,9H2,1H3,(H2,15,16). The second-order valence-electron chi connectivity index (χ2n) is 4.39. The van der Waals surface area contributed by atoms with Crippen LogP contribution in [0, 0.1) is 0 Å². The third-order valence-electron chi connectivity index (χ3n) is 2.69. The number of rotatable bonds is 6. The van der Waals surface area contributed by atoms with Gasteiger partial charge in [-0.1, -0.05) is 6.92 Å². The quantitative estimate of drug-likeness (QED) is 0.853. The Hall–Kier alpha value is -2.28. The monoisotopic (exact) mass is 307 g/mol. The van der Waals surface area contributed by atoms with Crippen LogP contribution < -0.4 is 15.2 Å². The summed E-state index contributed by atoms with van der Waals surface area (Å²) in [6.45, 7) is 2.64. The molecule has 0 spiro atoms. The van der Waals surface area contributed by atoms with E-state index in [4.69, 9.17) is 10.5 Å². The van der Waals surface area contributed by atoms with Crippen LogP contribution in [-0.4, -0.2) is 20.0 Å². The van der Waals surface area contributed by atoms with Gasteiger partial charge in [-0.2, -0.15) is 0 Å². The number of pyridine rings is 1. The number of aromatic nitrogens is 1. The summed E-state index contributed by atoms with van der Waals surface area (Å²) in [6.07, 6.45) is 3.57. The fraction of sp³-hybridized carbons (Fsp3) is 0.214. The van der Waals surface area contributed by atoms with Gasteiger partial charge in [-0.05, 0) is 36.8 Å². The van der Waals surface area contributed by atoms with Crippen LogP contribution in [0.3, 0.4) is 0 Å². The van der Waals surface area contributed by atoms with Crippen LogP contribution in [0.2, 0.25) is 0 Å². The predicted molar refractivity (Wildman–Crippen MR) is 81.7 cm³/mol. The molecule has 2 rings (SSSR count). The van der Waals surface area contributed by atoms with E-state index in [0.29, 0.717) is 18.0 Å². The highest BCUT2D eigenvalue weighted by molar-refractivity contribution is 7.92. The second kappa shape index (κ2) is 6.45. The third kappa shape index (κ3) is 3.85. The minimum absolute atomic E-state index is 0.0451. The molecule has 0 radical (unpaired) electrons. The van der Waals surface area contributed by atoms with Gasteiger partial charge in [0.15, 0.2) is 0 Å². The SMILES string of the molecule is CCCOc1ccc(NS(=O)(=O)c2cnccc2N)cc1. The molecular weight excluding hydrogens is 290 g/mol. The molecule has 7 heteroatoms. The van der Waals surface area contributed by atoms with Crippen LogP contribution in [0.15, 0.2) is 47.6 Å². The van der Waals surface area contributed by atoms with Crippen molar-refractivity contribution in [2.24, 2.45) is 0 Å². The highest BCUT2D eigenvalue weighted by atomic mass is 32.2. The molecule has 3 N–H and O–H groups in total. The highest BCUT2D eigenvalue weighted by Crippen LogP contribution is 2.22. The largest absolute Gasteiger partial charge is 0.494 e. The van der Waals surface area contributed by atoms with Gasteiger partial charge in [0.1, 0.15) is 10.6 Å². The van der Waals surface area contributed by atoms with Crippen molar-refractivity contribution in [3.63, 3.8) is 0 Å². The molecule has 0 saturated carbocycles. The summed E-state index contributed by atoms with van der Waals surface area (Å²) in [6, 6.07) is 8.13. The first kappa shape index (κ1) is 15.1. The topological polar surface area (TPSA) is 94.3 Å². The molecule has 1 heterocycles. The first-order valence-corrected chi connectivity index (χ1v) is 7.96. The minimum atomic E-state index is -3.75. The molecule has 0 aliphatic rings. The maximum absolute atomic E-state index is 12.2. The van der Waals surface area contributed by atoms with E-state index in [1.54, 1.807) is 24.3 Å². The minimum Gasteiger partial charge on any atom is -0.494 e. The van der Waals surface area contributed by atoms with Gasteiger partial charge in [0.05, 0.1) is 12.3 Å². The lowest BCUT2D eigenvalue weighted by molar-refractivity contribution is 0.317. The molecule has 0 unspecified atom stereocenters. The van der Waals surface area contributed by atoms with Crippen molar-refractivity contribution in [2.45, 2.75) is 18.2 Å². The first-order valence-electron chi connectivity index (χ1n) is 6.48. The zero-order chi connectivity index (χ0) is 15.3. The molecule has 0 aliphatic heterocycles. The summed E-state index contributed by atoms with van der Waals surface area (Å²) in [7, 11) is -3.75. The Morgan fingerprint density at radius 3 is 2.57 bits per heavy atom. The number of hydrogen-bond acceptors (Lipinski definition) is 5. The number of hydrogen-bond donors (Lipinski definition) is 2. The van der Waals surface area contributed by atoms with Gasteiger partial charge >= 0.3 is 0 Å². The Morgan fingerprint density at radius 2 is 1.95 bits per heavy atom. The zero-order valence-corrected chi connectivity index (χ0v) is 12.4. The van der Waals surface area contributed by atoms with E-state index in [1.807, 2.05) is 6.92 Å². The van der Waals surface area contributed by atoms with E-state index in [0.717, 1.165) is 6.42 Å². The lowest BCUT2D eigenvalue weighted by Crippen LogP contribution is -2.15. The van der Waals surface area contributed by atoms with Crippen LogP contribution in [-0.2, 0) is 10.0 Å². The summed E-state index contributed by atoms with van der Waals surface area (Å²) in [4.78, 5) is 3.74. The van der Waals surface area contributed by atoms with Crippen LogP contribution in [0.1, 0.15) is 13.3 Å². The predicted octanol–water partition coefficient (Wildman–Crippen LogP) is 2.25. The van der Waals surface area contributed by atoms with Gasteiger partial charge in [0, 0.05) is 18.1 Å². The van der Waals surface area contributed by atoms with Crippen molar-refractivity contribution in [3.05, 3.63) is 42.7 Å². The number of nitrogens with one attached hydrogen (secondary N) is 1. The van der Waals surface area contributed by atoms with Crippen LogP contribution >= 0.6 is 0 Å². The normalized spacial score (nSPS) is 11.1. The fourth-order valence-electron chi connectivity index (χ4n) is 1.66. The fourth-order valence-corrected chi connectivity index (χ4v) is 2.80. The lowest BCUT2D eigenvalue weighted by Gasteiger charge is -2.10. The van der Waals surface area contributed by atoms with Gasteiger partial charge in [-0.25, -0.2) is 8.42 Å². The molecule has 6 nitrogen and oxygen atoms in total. The molecule has 1 aromatic heterocycles. The van der Waals surface area contributed by atoms with E-state index < -0.39 is 10.0 Å². The molecular formula is C14H17N3O3S. The molecule has 0 fully saturated rings. The van der Waals surface area contributed by atoms with E-state index in [1.165, 1.54) is 18.5 Å². The van der Waals surface area contributed by atoms with Crippen molar-refractivity contribution < 1.29 is 13.2 Å². The average molecular weight is 307 g/mol. The van der Waals surface area contributed by atoms with Gasteiger partial charge in [0.2, 0.25) is 0 Å². The van der Waals surface area contributed by atoms with Gasteiger partial charge < -0.3 is 10.5 Å². The summed E-state index contributed by atoms with van der Waals surface area (Å²) < 4.78 is 32.3. The second-order valence-corrected chi connectivity index (χ2v) is 6.04. The smallest absolute Gasteiger partial charge is 0.265 e. The molecule has 0 bridgehead atoms. The van der Waals surface area contributed by atoms with Gasteiger partial charge in [-0.15, -0.1) is 0 Å². The number of sulfonamides is 1.